The van der Waals surface area contributed by atoms with E-state index in [0.717, 1.165) is 27.9 Å². The summed E-state index contributed by atoms with van der Waals surface area (Å²) in [6.45, 7) is 0. The molecule has 0 fully saturated rings. The van der Waals surface area contributed by atoms with E-state index in [4.69, 9.17) is 4.42 Å². The molecule has 0 spiro atoms. The highest BCUT2D eigenvalue weighted by Gasteiger charge is 2.21. The quantitative estimate of drug-likeness (QED) is 0.244. The van der Waals surface area contributed by atoms with Crippen molar-refractivity contribution in [2.24, 2.45) is 0 Å². The van der Waals surface area contributed by atoms with E-state index in [1.807, 2.05) is 23.5 Å². The maximum absolute atomic E-state index is 6.21. The smallest absolute Gasteiger partial charge is 0.136 e. The summed E-state index contributed by atoms with van der Waals surface area (Å²) in [7, 11) is 0. The van der Waals surface area contributed by atoms with Crippen molar-refractivity contribution in [1.29, 1.82) is 0 Å². The third-order valence-corrected chi connectivity index (χ3v) is 8.39. The van der Waals surface area contributed by atoms with Gasteiger partial charge in [-0.3, -0.25) is 0 Å². The third-order valence-electron chi connectivity index (χ3n) is 7.25. The average Bonchev–Trinajstić information content (AvgIpc) is 3.53. The monoisotopic (exact) mass is 491 g/mol. The van der Waals surface area contributed by atoms with Crippen LogP contribution in [0.25, 0.3) is 52.9 Å². The largest absolute Gasteiger partial charge is 0.456 e. The molecule has 0 N–H and O–H groups in total. The summed E-state index contributed by atoms with van der Waals surface area (Å²) in [6, 6.07) is 45.3. The molecule has 3 heteroatoms. The van der Waals surface area contributed by atoms with Crippen LogP contribution in [-0.4, -0.2) is 0 Å². The molecular formula is C34H21NOS. The number of nitrogens with zero attached hydrogens (tertiary/aromatic N) is 1. The first kappa shape index (κ1) is 20.6. The van der Waals surface area contributed by atoms with E-state index < -0.39 is 0 Å². The Hall–Kier alpha value is -4.60. The number of furan rings is 1. The number of hydrogen-bond donors (Lipinski definition) is 0. The second-order valence-electron chi connectivity index (χ2n) is 9.33. The molecule has 6 aromatic carbocycles. The number of hydrogen-bond acceptors (Lipinski definition) is 3. The van der Waals surface area contributed by atoms with Crippen molar-refractivity contribution in [3.63, 3.8) is 0 Å². The van der Waals surface area contributed by atoms with Crippen molar-refractivity contribution < 1.29 is 4.42 Å². The lowest BCUT2D eigenvalue weighted by atomic mass is 10.0. The Morgan fingerprint density at radius 1 is 0.432 bits per heavy atom. The number of fused-ring (bicyclic) bond motifs is 8. The first-order chi connectivity index (χ1) is 18.4. The van der Waals surface area contributed by atoms with Crippen LogP contribution in [0.5, 0.6) is 0 Å². The van der Waals surface area contributed by atoms with Gasteiger partial charge in [0.05, 0.1) is 11.4 Å². The molecule has 0 atom stereocenters. The van der Waals surface area contributed by atoms with E-state index in [-0.39, 0.29) is 0 Å². The van der Waals surface area contributed by atoms with Crippen LogP contribution in [0.15, 0.2) is 132 Å². The van der Waals surface area contributed by atoms with Crippen molar-refractivity contribution in [2.75, 3.05) is 4.90 Å². The molecule has 0 amide bonds. The Bertz CT molecular complexity index is 2100. The highest BCUT2D eigenvalue weighted by Crippen LogP contribution is 2.47. The highest BCUT2D eigenvalue weighted by atomic mass is 32.1. The number of para-hydroxylation sites is 2. The molecular weight excluding hydrogens is 470 g/mol. The summed E-state index contributed by atoms with van der Waals surface area (Å²) in [5.41, 5.74) is 5.31. The normalized spacial score (nSPS) is 11.8. The SMILES string of the molecule is c1ccc(N(c2cccc3c2ccc2oc4ccccc4c23)c2cccc3sc4ccccc4c23)cc1. The molecule has 0 aliphatic carbocycles. The molecule has 0 aliphatic heterocycles. The van der Waals surface area contributed by atoms with Crippen LogP contribution in [0.2, 0.25) is 0 Å². The van der Waals surface area contributed by atoms with Crippen LogP contribution in [-0.2, 0) is 0 Å². The second kappa shape index (κ2) is 7.95. The summed E-state index contributed by atoms with van der Waals surface area (Å²) in [6.07, 6.45) is 0. The molecule has 0 saturated carbocycles. The van der Waals surface area contributed by atoms with Gasteiger partial charge in [0.1, 0.15) is 11.2 Å². The van der Waals surface area contributed by atoms with Gasteiger partial charge in [0, 0.05) is 42.0 Å². The van der Waals surface area contributed by atoms with Crippen LogP contribution in [0.1, 0.15) is 0 Å². The Morgan fingerprint density at radius 2 is 1.14 bits per heavy atom. The van der Waals surface area contributed by atoms with E-state index in [0.29, 0.717) is 0 Å². The Kier molecular flexibility index (Phi) is 4.42. The lowest BCUT2D eigenvalue weighted by molar-refractivity contribution is 0.669. The second-order valence-corrected chi connectivity index (χ2v) is 10.4. The fourth-order valence-corrected chi connectivity index (χ4v) is 6.81. The predicted molar refractivity (Wildman–Crippen MR) is 159 cm³/mol. The molecule has 0 radical (unpaired) electrons. The van der Waals surface area contributed by atoms with Gasteiger partial charge in [0.15, 0.2) is 0 Å². The van der Waals surface area contributed by atoms with Crippen molar-refractivity contribution in [3.8, 4) is 0 Å². The van der Waals surface area contributed by atoms with Gasteiger partial charge in [-0.1, -0.05) is 72.8 Å². The van der Waals surface area contributed by atoms with Crippen molar-refractivity contribution >= 4 is 81.3 Å². The molecule has 2 heterocycles. The molecule has 37 heavy (non-hydrogen) atoms. The standard InChI is InChI=1S/C34H21NOS/c1-2-10-22(11-3-1)35(28-16-9-19-32-34(28)26-13-5-7-18-31(26)37-32)27-15-8-14-24-23(27)20-21-30-33(24)25-12-4-6-17-29(25)36-30/h1-21H. The fourth-order valence-electron chi connectivity index (χ4n) is 5.69. The molecule has 174 valence electrons. The first-order valence-corrected chi connectivity index (χ1v) is 13.3. The minimum absolute atomic E-state index is 0.919. The zero-order chi connectivity index (χ0) is 24.3. The van der Waals surface area contributed by atoms with E-state index in [1.54, 1.807) is 0 Å². The maximum Gasteiger partial charge on any atom is 0.136 e. The van der Waals surface area contributed by atoms with E-state index in [1.165, 1.54) is 42.0 Å². The van der Waals surface area contributed by atoms with Gasteiger partial charge in [-0.05, 0) is 60.0 Å². The number of benzene rings is 6. The molecule has 0 saturated heterocycles. The number of anilines is 3. The lowest BCUT2D eigenvalue weighted by Gasteiger charge is -2.27. The summed E-state index contributed by atoms with van der Waals surface area (Å²) >= 11 is 1.85. The predicted octanol–water partition coefficient (Wildman–Crippen LogP) is 10.6. The van der Waals surface area contributed by atoms with Crippen LogP contribution in [0.3, 0.4) is 0 Å². The summed E-state index contributed by atoms with van der Waals surface area (Å²) in [5.74, 6) is 0. The van der Waals surface area contributed by atoms with E-state index in [2.05, 4.69) is 120 Å². The summed E-state index contributed by atoms with van der Waals surface area (Å²) in [5, 5.41) is 7.30. The molecule has 2 aromatic heterocycles. The molecule has 0 aliphatic rings. The topological polar surface area (TPSA) is 16.4 Å². The van der Waals surface area contributed by atoms with Crippen LogP contribution in [0, 0.1) is 0 Å². The molecule has 2 nitrogen and oxygen atoms in total. The van der Waals surface area contributed by atoms with E-state index in [9.17, 15) is 0 Å². The summed E-state index contributed by atoms with van der Waals surface area (Å²) < 4.78 is 8.82. The van der Waals surface area contributed by atoms with E-state index >= 15 is 0 Å². The fraction of sp³-hybridized carbons (Fsp3) is 0. The summed E-state index contributed by atoms with van der Waals surface area (Å²) in [4.78, 5) is 2.41. The van der Waals surface area contributed by atoms with Crippen molar-refractivity contribution in [3.05, 3.63) is 127 Å². The van der Waals surface area contributed by atoms with Gasteiger partial charge >= 0.3 is 0 Å². The molecule has 8 aromatic rings. The highest BCUT2D eigenvalue weighted by molar-refractivity contribution is 7.26. The van der Waals surface area contributed by atoms with Crippen LogP contribution < -0.4 is 4.90 Å². The van der Waals surface area contributed by atoms with Crippen molar-refractivity contribution in [2.45, 2.75) is 0 Å². The minimum atomic E-state index is 0.919. The molecule has 0 unspecified atom stereocenters. The maximum atomic E-state index is 6.21. The minimum Gasteiger partial charge on any atom is -0.456 e. The first-order valence-electron chi connectivity index (χ1n) is 12.5. The van der Waals surface area contributed by atoms with Gasteiger partial charge in [0.2, 0.25) is 0 Å². The molecule has 0 bridgehead atoms. The third kappa shape index (κ3) is 3.05. The van der Waals surface area contributed by atoms with Gasteiger partial charge in [-0.25, -0.2) is 0 Å². The molecule has 8 rings (SSSR count). The van der Waals surface area contributed by atoms with Crippen LogP contribution in [0.4, 0.5) is 17.1 Å². The Balaban J connectivity index is 1.49. The zero-order valence-electron chi connectivity index (χ0n) is 19.9. The van der Waals surface area contributed by atoms with Gasteiger partial charge in [0.25, 0.3) is 0 Å². The lowest BCUT2D eigenvalue weighted by Crippen LogP contribution is -2.10. The Labute approximate surface area is 217 Å². The zero-order valence-corrected chi connectivity index (χ0v) is 20.7. The van der Waals surface area contributed by atoms with Crippen LogP contribution >= 0.6 is 11.3 Å². The number of thiophene rings is 1. The number of rotatable bonds is 3. The van der Waals surface area contributed by atoms with Gasteiger partial charge in [-0.2, -0.15) is 0 Å². The van der Waals surface area contributed by atoms with Gasteiger partial charge in [-0.15, -0.1) is 11.3 Å². The van der Waals surface area contributed by atoms with Crippen molar-refractivity contribution in [1.82, 2.24) is 0 Å². The Morgan fingerprint density at radius 3 is 2.05 bits per heavy atom. The van der Waals surface area contributed by atoms with Gasteiger partial charge < -0.3 is 9.32 Å². The average molecular weight is 492 g/mol.